The van der Waals surface area contributed by atoms with Crippen LogP contribution in [0.5, 0.6) is 0 Å². The molecule has 3 rings (SSSR count). The molecule has 146 valence electrons. The van der Waals surface area contributed by atoms with Crippen molar-refractivity contribution < 1.29 is 9.53 Å². The first-order valence-corrected chi connectivity index (χ1v) is 10.0. The topological polar surface area (TPSA) is 69.5 Å². The molecule has 0 spiro atoms. The van der Waals surface area contributed by atoms with Crippen molar-refractivity contribution in [2.75, 3.05) is 19.7 Å². The first-order valence-electron chi connectivity index (χ1n) is 10.0. The number of amides is 1. The lowest BCUT2D eigenvalue weighted by atomic mass is 9.76. The molecule has 0 aromatic carbocycles. The quantitative estimate of drug-likeness (QED) is 0.816. The molecule has 2 unspecified atom stereocenters. The molecule has 6 nitrogen and oxygen atoms in total. The fraction of sp³-hybridized carbons (Fsp3) is 0.667. The van der Waals surface area contributed by atoms with Gasteiger partial charge < -0.3 is 14.5 Å². The fourth-order valence-corrected chi connectivity index (χ4v) is 4.74. The molecule has 2 atom stereocenters. The third-order valence-corrected chi connectivity index (χ3v) is 6.19. The van der Waals surface area contributed by atoms with Crippen LogP contribution >= 0.6 is 0 Å². The predicted octanol–water partition coefficient (Wildman–Crippen LogP) is 3.34. The minimum absolute atomic E-state index is 0.163. The summed E-state index contributed by atoms with van der Waals surface area (Å²) in [6.07, 6.45) is 5.09. The molecule has 6 heteroatoms. The Morgan fingerprint density at radius 1 is 1.30 bits per heavy atom. The summed E-state index contributed by atoms with van der Waals surface area (Å²) in [6.45, 7) is 8.26. The lowest BCUT2D eigenvalue weighted by molar-refractivity contribution is 0.0151. The molecule has 27 heavy (non-hydrogen) atoms. The van der Waals surface area contributed by atoms with E-state index in [4.69, 9.17) is 4.74 Å². The zero-order chi connectivity index (χ0) is 19.4. The van der Waals surface area contributed by atoms with E-state index in [9.17, 15) is 10.1 Å². The van der Waals surface area contributed by atoms with Crippen LogP contribution in [-0.4, -0.2) is 58.7 Å². The van der Waals surface area contributed by atoms with Gasteiger partial charge in [-0.25, -0.2) is 4.79 Å². The van der Waals surface area contributed by atoms with Crippen molar-refractivity contribution in [1.29, 1.82) is 5.26 Å². The Labute approximate surface area is 162 Å². The fourth-order valence-electron chi connectivity index (χ4n) is 4.74. The molecule has 2 aliphatic heterocycles. The second kappa shape index (κ2) is 8.26. The molecule has 0 radical (unpaired) electrons. The summed E-state index contributed by atoms with van der Waals surface area (Å²) in [6, 6.07) is 9.15. The smallest absolute Gasteiger partial charge is 0.410 e. The molecule has 1 aromatic rings. The van der Waals surface area contributed by atoms with E-state index in [-0.39, 0.29) is 18.2 Å². The van der Waals surface area contributed by atoms with Gasteiger partial charge >= 0.3 is 6.09 Å². The number of aromatic nitrogens is 1. The Hall–Kier alpha value is -2.13. The Bertz CT molecular complexity index is 667. The van der Waals surface area contributed by atoms with Crippen LogP contribution in [0.25, 0.3) is 0 Å². The summed E-state index contributed by atoms with van der Waals surface area (Å²) in [5.74, 6) is 0. The van der Waals surface area contributed by atoms with Crippen molar-refractivity contribution in [2.45, 2.75) is 70.0 Å². The maximum Gasteiger partial charge on any atom is 0.410 e. The average molecular weight is 370 g/mol. The first kappa shape index (κ1) is 19.6. The number of hydrogen-bond acceptors (Lipinski definition) is 5. The van der Waals surface area contributed by atoms with E-state index in [1.807, 2.05) is 30.0 Å². The van der Waals surface area contributed by atoms with Gasteiger partial charge in [-0.2, -0.15) is 5.26 Å². The second-order valence-corrected chi connectivity index (χ2v) is 7.87. The van der Waals surface area contributed by atoms with Gasteiger partial charge in [-0.1, -0.05) is 6.07 Å². The van der Waals surface area contributed by atoms with Gasteiger partial charge in [0.1, 0.15) is 5.41 Å². The number of rotatable bonds is 3. The van der Waals surface area contributed by atoms with Gasteiger partial charge in [0.25, 0.3) is 0 Å². The van der Waals surface area contributed by atoms with E-state index >= 15 is 0 Å². The number of nitriles is 1. The number of piperidine rings is 2. The highest BCUT2D eigenvalue weighted by atomic mass is 16.6. The zero-order valence-electron chi connectivity index (χ0n) is 16.6. The summed E-state index contributed by atoms with van der Waals surface area (Å²) in [7, 11) is 0. The van der Waals surface area contributed by atoms with Crippen LogP contribution in [0.4, 0.5) is 4.79 Å². The van der Waals surface area contributed by atoms with Gasteiger partial charge in [0.05, 0.1) is 18.4 Å². The Morgan fingerprint density at radius 3 is 2.48 bits per heavy atom. The molecular weight excluding hydrogens is 340 g/mol. The Balaban J connectivity index is 1.64. The number of pyridine rings is 1. The van der Waals surface area contributed by atoms with Crippen molar-refractivity contribution in [3.63, 3.8) is 0 Å². The molecule has 2 fully saturated rings. The van der Waals surface area contributed by atoms with E-state index in [0.29, 0.717) is 12.6 Å². The molecule has 0 saturated carbocycles. The van der Waals surface area contributed by atoms with Crippen LogP contribution in [0.3, 0.4) is 0 Å². The zero-order valence-corrected chi connectivity index (χ0v) is 16.6. The Kier molecular flexibility index (Phi) is 6.01. The molecule has 2 saturated heterocycles. The summed E-state index contributed by atoms with van der Waals surface area (Å²) < 4.78 is 5.22. The number of nitrogens with zero attached hydrogens (tertiary/aromatic N) is 4. The molecule has 2 aliphatic rings. The molecule has 0 N–H and O–H groups in total. The molecule has 1 aromatic heterocycles. The molecule has 0 bridgehead atoms. The number of carbonyl (C=O) groups excluding carboxylic acids is 1. The third-order valence-electron chi connectivity index (χ3n) is 6.19. The lowest BCUT2D eigenvalue weighted by Gasteiger charge is -2.48. The highest BCUT2D eigenvalue weighted by molar-refractivity contribution is 5.68. The van der Waals surface area contributed by atoms with Gasteiger partial charge in [-0.15, -0.1) is 0 Å². The minimum Gasteiger partial charge on any atom is -0.450 e. The van der Waals surface area contributed by atoms with Crippen LogP contribution < -0.4 is 0 Å². The second-order valence-electron chi connectivity index (χ2n) is 7.87. The van der Waals surface area contributed by atoms with Crippen LogP contribution in [-0.2, 0) is 10.2 Å². The van der Waals surface area contributed by atoms with Crippen LogP contribution in [0.1, 0.15) is 52.1 Å². The van der Waals surface area contributed by atoms with Gasteiger partial charge in [0.15, 0.2) is 0 Å². The van der Waals surface area contributed by atoms with Gasteiger partial charge in [0, 0.05) is 37.4 Å². The van der Waals surface area contributed by atoms with Crippen molar-refractivity contribution in [3.8, 4) is 6.07 Å². The van der Waals surface area contributed by atoms with Crippen molar-refractivity contribution in [3.05, 3.63) is 30.1 Å². The SMILES string of the molecule is CCOC(=O)N1C(C)CC(N2CCC(C#N)(c3ccccn3)CC2)CC1C. The summed E-state index contributed by atoms with van der Waals surface area (Å²) >= 11 is 0. The number of hydrogen-bond donors (Lipinski definition) is 0. The maximum atomic E-state index is 12.2. The number of carbonyl (C=O) groups is 1. The van der Waals surface area contributed by atoms with Gasteiger partial charge in [0.2, 0.25) is 0 Å². The van der Waals surface area contributed by atoms with Crippen LogP contribution in [0, 0.1) is 11.3 Å². The van der Waals surface area contributed by atoms with Crippen LogP contribution in [0.2, 0.25) is 0 Å². The summed E-state index contributed by atoms with van der Waals surface area (Å²) in [5.41, 5.74) is 0.423. The van der Waals surface area contributed by atoms with E-state index in [1.54, 1.807) is 6.20 Å². The maximum absolute atomic E-state index is 12.2. The first-order chi connectivity index (χ1) is 13.0. The van der Waals surface area contributed by atoms with Crippen molar-refractivity contribution >= 4 is 6.09 Å². The number of likely N-dealkylation sites (tertiary alicyclic amines) is 2. The predicted molar refractivity (Wildman–Crippen MR) is 103 cm³/mol. The van der Waals surface area contributed by atoms with Crippen molar-refractivity contribution in [1.82, 2.24) is 14.8 Å². The van der Waals surface area contributed by atoms with Crippen LogP contribution in [0.15, 0.2) is 24.4 Å². The molecule has 0 aliphatic carbocycles. The number of ether oxygens (including phenoxy) is 1. The van der Waals surface area contributed by atoms with Gasteiger partial charge in [-0.3, -0.25) is 4.98 Å². The lowest BCUT2D eigenvalue weighted by Crippen LogP contribution is -2.57. The summed E-state index contributed by atoms with van der Waals surface area (Å²) in [4.78, 5) is 21.1. The molecule has 3 heterocycles. The van der Waals surface area contributed by atoms with E-state index < -0.39 is 5.41 Å². The monoisotopic (exact) mass is 370 g/mol. The standard InChI is InChI=1S/C21H30N4O2/c1-4-27-20(26)25-16(2)13-18(14-17(25)3)24-11-8-21(15-22,9-12-24)19-7-5-6-10-23-19/h5-7,10,16-18H,4,8-9,11-14H2,1-3H3. The minimum atomic E-state index is -0.472. The molecule has 1 amide bonds. The average Bonchev–Trinajstić information content (AvgIpc) is 2.68. The van der Waals surface area contributed by atoms with E-state index in [0.717, 1.165) is 44.5 Å². The largest absolute Gasteiger partial charge is 0.450 e. The van der Waals surface area contributed by atoms with Gasteiger partial charge in [-0.05, 0) is 58.6 Å². The van der Waals surface area contributed by atoms with E-state index in [1.165, 1.54) is 0 Å². The highest BCUT2D eigenvalue weighted by Crippen LogP contribution is 2.36. The normalized spacial score (nSPS) is 28.4. The van der Waals surface area contributed by atoms with E-state index in [2.05, 4.69) is 29.8 Å². The Morgan fingerprint density at radius 2 is 1.96 bits per heavy atom. The highest BCUT2D eigenvalue weighted by Gasteiger charge is 2.42. The van der Waals surface area contributed by atoms with Crippen molar-refractivity contribution in [2.24, 2.45) is 0 Å². The summed E-state index contributed by atoms with van der Waals surface area (Å²) in [5, 5.41) is 9.86. The third kappa shape index (κ3) is 3.93. The molecular formula is C21H30N4O2.